The predicted octanol–water partition coefficient (Wildman–Crippen LogP) is 1.83. The van der Waals surface area contributed by atoms with E-state index in [2.05, 4.69) is 15.3 Å². The lowest BCUT2D eigenvalue weighted by Crippen LogP contribution is -2.31. The van der Waals surface area contributed by atoms with Gasteiger partial charge in [-0.2, -0.15) is 0 Å². The number of nitrogens with two attached hydrogens (primary N) is 2. The van der Waals surface area contributed by atoms with E-state index in [1.54, 1.807) is 30.3 Å². The van der Waals surface area contributed by atoms with E-state index in [0.29, 0.717) is 23.1 Å². The molecule has 0 radical (unpaired) electrons. The smallest absolute Gasteiger partial charge is 0.262 e. The van der Waals surface area contributed by atoms with Gasteiger partial charge in [-0.3, -0.25) is 9.59 Å². The van der Waals surface area contributed by atoms with Crippen LogP contribution in [0, 0.1) is 5.82 Å². The highest BCUT2D eigenvalue weighted by Gasteiger charge is 2.45. The van der Waals surface area contributed by atoms with E-state index in [1.807, 2.05) is 0 Å². The molecule has 6 N–H and O–H groups in total. The molecule has 2 amide bonds. The van der Waals surface area contributed by atoms with Crippen molar-refractivity contribution in [2.45, 2.75) is 24.9 Å². The lowest BCUT2D eigenvalue weighted by molar-refractivity contribution is -0.131. The van der Waals surface area contributed by atoms with Gasteiger partial charge in [-0.1, -0.05) is 24.3 Å². The van der Waals surface area contributed by atoms with Crippen molar-refractivity contribution >= 4 is 17.6 Å². The number of hydrogen-bond donors (Lipinski definition) is 4. The lowest BCUT2D eigenvalue weighted by atomic mass is 9.82. The van der Waals surface area contributed by atoms with Crippen LogP contribution in [0.2, 0.25) is 0 Å². The number of primary amides is 1. The molecule has 4 rings (SSSR count). The third-order valence-corrected chi connectivity index (χ3v) is 5.70. The predicted molar refractivity (Wildman–Crippen MR) is 116 cm³/mol. The molecule has 164 valence electrons. The van der Waals surface area contributed by atoms with Gasteiger partial charge in [0.15, 0.2) is 5.60 Å². The Morgan fingerprint density at radius 1 is 1.25 bits per heavy atom. The highest BCUT2D eigenvalue weighted by molar-refractivity contribution is 6.06. The Labute approximate surface area is 183 Å². The van der Waals surface area contributed by atoms with Crippen LogP contribution in [0.1, 0.15) is 39.9 Å². The minimum Gasteiger partial charge on any atom is -0.375 e. The number of aliphatic hydroxyl groups is 1. The average Bonchev–Trinajstić information content (AvgIpc) is 3.00. The second kappa shape index (κ2) is 8.10. The van der Waals surface area contributed by atoms with Gasteiger partial charge in [0.05, 0.1) is 11.3 Å². The molecule has 9 heteroatoms. The summed E-state index contributed by atoms with van der Waals surface area (Å²) in [6, 6.07) is 11.1. The normalized spacial score (nSPS) is 18.2. The molecule has 0 saturated carbocycles. The Kier molecular flexibility index (Phi) is 5.45. The van der Waals surface area contributed by atoms with Crippen molar-refractivity contribution in [1.82, 2.24) is 9.97 Å². The molecule has 0 aliphatic carbocycles. The van der Waals surface area contributed by atoms with Crippen LogP contribution in [0.4, 0.5) is 10.2 Å². The van der Waals surface area contributed by atoms with E-state index < -0.39 is 23.3 Å². The zero-order valence-electron chi connectivity index (χ0n) is 17.3. The van der Waals surface area contributed by atoms with E-state index in [0.717, 1.165) is 0 Å². The van der Waals surface area contributed by atoms with Gasteiger partial charge >= 0.3 is 0 Å². The topological polar surface area (TPSA) is 144 Å². The number of aromatic nitrogens is 2. The number of rotatable bonds is 6. The van der Waals surface area contributed by atoms with Gasteiger partial charge in [0.1, 0.15) is 18.0 Å². The van der Waals surface area contributed by atoms with Crippen molar-refractivity contribution in [3.63, 3.8) is 0 Å². The highest BCUT2D eigenvalue weighted by Crippen LogP contribution is 2.42. The Hall–Kier alpha value is -3.69. The standard InChI is InChI=1S/C23H22FN5O3/c1-23(32)18-19(27-11-28-21(18)29-22(23)31)15-6-3-7-16(20(26)30)17(15)13(10-25)8-12-4-2-5-14(24)9-12/h2-7,9,11,13,32H,8,10,25H2,1H3,(H2,26,30)(H,27,28,29,31)/t13-,23?/m1/s1. The molecule has 1 aliphatic heterocycles. The maximum Gasteiger partial charge on any atom is 0.262 e. The van der Waals surface area contributed by atoms with E-state index in [-0.39, 0.29) is 35.0 Å². The van der Waals surface area contributed by atoms with E-state index in [4.69, 9.17) is 11.5 Å². The van der Waals surface area contributed by atoms with Crippen LogP contribution in [0.15, 0.2) is 48.8 Å². The summed E-state index contributed by atoms with van der Waals surface area (Å²) >= 11 is 0. The number of anilines is 1. The van der Waals surface area contributed by atoms with Crippen molar-refractivity contribution in [2.24, 2.45) is 11.5 Å². The number of carbonyl (C=O) groups is 2. The van der Waals surface area contributed by atoms with Crippen LogP contribution in [-0.4, -0.2) is 33.4 Å². The molecule has 0 saturated heterocycles. The summed E-state index contributed by atoms with van der Waals surface area (Å²) in [7, 11) is 0. The number of nitrogens with zero attached hydrogens (tertiary/aromatic N) is 2. The molecular weight excluding hydrogens is 413 g/mol. The third kappa shape index (κ3) is 3.61. The van der Waals surface area contributed by atoms with Gasteiger partial charge in [-0.15, -0.1) is 0 Å². The summed E-state index contributed by atoms with van der Waals surface area (Å²) in [6.07, 6.45) is 1.60. The average molecular weight is 435 g/mol. The second-order valence-corrected chi connectivity index (χ2v) is 7.87. The van der Waals surface area contributed by atoms with Crippen molar-refractivity contribution in [3.8, 4) is 11.3 Å². The Morgan fingerprint density at radius 3 is 2.69 bits per heavy atom. The van der Waals surface area contributed by atoms with Gasteiger partial charge < -0.3 is 21.9 Å². The number of amides is 2. The molecule has 2 atom stereocenters. The summed E-state index contributed by atoms with van der Waals surface area (Å²) in [5.41, 5.74) is 12.3. The zero-order chi connectivity index (χ0) is 23.0. The quantitative estimate of drug-likeness (QED) is 0.465. The zero-order valence-corrected chi connectivity index (χ0v) is 17.3. The maximum atomic E-state index is 13.8. The number of nitrogens with one attached hydrogen (secondary N) is 1. The molecule has 0 fully saturated rings. The first kappa shape index (κ1) is 21.5. The fraction of sp³-hybridized carbons (Fsp3) is 0.217. The SMILES string of the molecule is CC1(O)C(=O)Nc2ncnc(-c3cccc(C(N)=O)c3[C@@H](CN)Cc3cccc(F)c3)c21. The highest BCUT2D eigenvalue weighted by atomic mass is 19.1. The molecular formula is C23H22FN5O3. The summed E-state index contributed by atoms with van der Waals surface area (Å²) in [4.78, 5) is 33.0. The van der Waals surface area contributed by atoms with Crippen LogP contribution < -0.4 is 16.8 Å². The molecule has 1 unspecified atom stereocenters. The van der Waals surface area contributed by atoms with Crippen molar-refractivity contribution in [1.29, 1.82) is 0 Å². The third-order valence-electron chi connectivity index (χ3n) is 5.70. The van der Waals surface area contributed by atoms with E-state index in [1.165, 1.54) is 25.4 Å². The monoisotopic (exact) mass is 435 g/mol. The molecule has 0 bridgehead atoms. The number of benzene rings is 2. The number of halogens is 1. The summed E-state index contributed by atoms with van der Waals surface area (Å²) in [5, 5.41) is 13.4. The summed E-state index contributed by atoms with van der Waals surface area (Å²) in [5.74, 6) is -1.90. The maximum absolute atomic E-state index is 13.8. The minimum atomic E-state index is -1.87. The summed E-state index contributed by atoms with van der Waals surface area (Å²) < 4.78 is 13.8. The van der Waals surface area contributed by atoms with Gasteiger partial charge in [0.2, 0.25) is 5.91 Å². The Bertz CT molecular complexity index is 1230. The van der Waals surface area contributed by atoms with Crippen molar-refractivity contribution in [3.05, 3.63) is 76.9 Å². The van der Waals surface area contributed by atoms with Gasteiger partial charge in [-0.25, -0.2) is 14.4 Å². The van der Waals surface area contributed by atoms with Gasteiger partial charge in [0.25, 0.3) is 5.91 Å². The molecule has 2 heterocycles. The van der Waals surface area contributed by atoms with Crippen LogP contribution >= 0.6 is 0 Å². The minimum absolute atomic E-state index is 0.134. The number of carbonyl (C=O) groups excluding carboxylic acids is 2. The van der Waals surface area contributed by atoms with Crippen molar-refractivity contribution < 1.29 is 19.1 Å². The Balaban J connectivity index is 1.93. The van der Waals surface area contributed by atoms with Gasteiger partial charge in [0, 0.05) is 17.0 Å². The summed E-state index contributed by atoms with van der Waals surface area (Å²) in [6.45, 7) is 1.49. The number of hydrogen-bond acceptors (Lipinski definition) is 6. The lowest BCUT2D eigenvalue weighted by Gasteiger charge is -2.24. The van der Waals surface area contributed by atoms with Gasteiger partial charge in [-0.05, 0) is 49.2 Å². The first-order chi connectivity index (χ1) is 15.2. The molecule has 0 spiro atoms. The molecule has 3 aromatic rings. The van der Waals surface area contributed by atoms with E-state index in [9.17, 15) is 19.1 Å². The van der Waals surface area contributed by atoms with E-state index >= 15 is 0 Å². The van der Waals surface area contributed by atoms with Crippen LogP contribution in [-0.2, 0) is 16.8 Å². The molecule has 1 aliphatic rings. The molecule has 32 heavy (non-hydrogen) atoms. The molecule has 8 nitrogen and oxygen atoms in total. The van der Waals surface area contributed by atoms with Crippen molar-refractivity contribution in [2.75, 3.05) is 11.9 Å². The first-order valence-corrected chi connectivity index (χ1v) is 10.0. The number of fused-ring (bicyclic) bond motifs is 1. The second-order valence-electron chi connectivity index (χ2n) is 7.87. The fourth-order valence-electron chi connectivity index (χ4n) is 4.17. The molecule has 2 aromatic carbocycles. The Morgan fingerprint density at radius 2 is 2.00 bits per heavy atom. The van der Waals surface area contributed by atoms with Crippen LogP contribution in [0.3, 0.4) is 0 Å². The largest absolute Gasteiger partial charge is 0.375 e. The molecule has 1 aromatic heterocycles. The fourth-order valence-corrected chi connectivity index (χ4v) is 4.17. The van der Waals surface area contributed by atoms with Crippen LogP contribution in [0.5, 0.6) is 0 Å². The first-order valence-electron chi connectivity index (χ1n) is 10.0. The van der Waals surface area contributed by atoms with Crippen LogP contribution in [0.25, 0.3) is 11.3 Å².